The van der Waals surface area contributed by atoms with Gasteiger partial charge in [-0.1, -0.05) is 44.9 Å². The molecule has 0 aliphatic rings. The van der Waals surface area contributed by atoms with Gasteiger partial charge in [-0.2, -0.15) is 8.42 Å². The zero-order valence-corrected chi connectivity index (χ0v) is 12.3. The third kappa shape index (κ3) is 4.10. The molecule has 0 heterocycles. The van der Waals surface area contributed by atoms with E-state index in [9.17, 15) is 8.42 Å². The summed E-state index contributed by atoms with van der Waals surface area (Å²) in [5.74, 6) is 0.185. The first-order valence-corrected chi connectivity index (χ1v) is 7.77. The maximum Gasteiger partial charge on any atom is 0.297 e. The van der Waals surface area contributed by atoms with Crippen molar-refractivity contribution in [3.63, 3.8) is 0 Å². The van der Waals surface area contributed by atoms with Crippen LogP contribution in [0.5, 0.6) is 0 Å². The Bertz CT molecular complexity index is 460. The van der Waals surface area contributed by atoms with Crippen LogP contribution >= 0.6 is 0 Å². The highest BCUT2D eigenvalue weighted by atomic mass is 32.2. The minimum absolute atomic E-state index is 0.185. The summed E-state index contributed by atoms with van der Waals surface area (Å²) in [5.41, 5.74) is 1.03. The Morgan fingerprint density at radius 1 is 1.17 bits per heavy atom. The van der Waals surface area contributed by atoms with E-state index in [0.717, 1.165) is 18.4 Å². The van der Waals surface area contributed by atoms with Crippen LogP contribution in [0.15, 0.2) is 29.2 Å². The van der Waals surface area contributed by atoms with Gasteiger partial charge in [-0.05, 0) is 31.4 Å². The first-order valence-electron chi connectivity index (χ1n) is 6.36. The fourth-order valence-electron chi connectivity index (χ4n) is 1.70. The molecule has 18 heavy (non-hydrogen) atoms. The van der Waals surface area contributed by atoms with Crippen LogP contribution in [0.3, 0.4) is 0 Å². The average molecular weight is 270 g/mol. The van der Waals surface area contributed by atoms with Crippen molar-refractivity contribution in [1.29, 1.82) is 0 Å². The molecule has 1 rings (SSSR count). The first-order chi connectivity index (χ1) is 8.36. The van der Waals surface area contributed by atoms with Crippen molar-refractivity contribution < 1.29 is 12.6 Å². The van der Waals surface area contributed by atoms with E-state index >= 15 is 0 Å². The van der Waals surface area contributed by atoms with E-state index in [4.69, 9.17) is 4.18 Å². The van der Waals surface area contributed by atoms with Crippen LogP contribution in [0.2, 0.25) is 0 Å². The van der Waals surface area contributed by atoms with Crippen molar-refractivity contribution in [2.75, 3.05) is 0 Å². The van der Waals surface area contributed by atoms with Crippen molar-refractivity contribution in [3.8, 4) is 0 Å². The predicted molar refractivity (Wildman–Crippen MR) is 73.0 cm³/mol. The van der Waals surface area contributed by atoms with Crippen molar-refractivity contribution in [3.05, 3.63) is 29.8 Å². The van der Waals surface area contributed by atoms with E-state index in [1.165, 1.54) is 0 Å². The zero-order chi connectivity index (χ0) is 13.8. The Balaban J connectivity index is 2.89. The van der Waals surface area contributed by atoms with Crippen molar-refractivity contribution >= 4 is 10.1 Å². The second-order valence-electron chi connectivity index (χ2n) is 4.93. The van der Waals surface area contributed by atoms with Crippen LogP contribution < -0.4 is 0 Å². The SMILES string of the molecule is CCC[C@@H](OS(=O)(=O)c1ccc(C)cc1)C(C)C. The van der Waals surface area contributed by atoms with Crippen molar-refractivity contribution in [2.45, 2.75) is 51.5 Å². The molecular weight excluding hydrogens is 248 g/mol. The van der Waals surface area contributed by atoms with Gasteiger partial charge in [0, 0.05) is 0 Å². The molecule has 0 unspecified atom stereocenters. The van der Waals surface area contributed by atoms with E-state index in [0.29, 0.717) is 0 Å². The molecule has 0 saturated carbocycles. The van der Waals surface area contributed by atoms with Gasteiger partial charge in [0.1, 0.15) is 0 Å². The second kappa shape index (κ2) is 6.34. The molecule has 0 aliphatic carbocycles. The fraction of sp³-hybridized carbons (Fsp3) is 0.571. The minimum atomic E-state index is -3.64. The quantitative estimate of drug-likeness (QED) is 0.743. The summed E-state index contributed by atoms with van der Waals surface area (Å²) in [6.45, 7) is 7.90. The molecule has 1 aromatic rings. The van der Waals surface area contributed by atoms with Gasteiger partial charge in [-0.25, -0.2) is 0 Å². The van der Waals surface area contributed by atoms with Gasteiger partial charge >= 0.3 is 0 Å². The number of aryl methyl sites for hydroxylation is 1. The van der Waals surface area contributed by atoms with Gasteiger partial charge in [0.05, 0.1) is 11.0 Å². The van der Waals surface area contributed by atoms with Crippen LogP contribution in [-0.4, -0.2) is 14.5 Å². The molecule has 0 spiro atoms. The van der Waals surface area contributed by atoms with E-state index in [2.05, 4.69) is 0 Å². The third-order valence-electron chi connectivity index (χ3n) is 2.88. The Morgan fingerprint density at radius 2 is 1.72 bits per heavy atom. The molecule has 1 aromatic carbocycles. The molecule has 3 nitrogen and oxygen atoms in total. The predicted octanol–water partition coefficient (Wildman–Crippen LogP) is 3.53. The van der Waals surface area contributed by atoms with Gasteiger partial charge in [0.25, 0.3) is 10.1 Å². The molecular formula is C14H22O3S. The van der Waals surface area contributed by atoms with Gasteiger partial charge in [0.15, 0.2) is 0 Å². The summed E-state index contributed by atoms with van der Waals surface area (Å²) in [6.07, 6.45) is 1.41. The average Bonchev–Trinajstić information content (AvgIpc) is 2.28. The van der Waals surface area contributed by atoms with Gasteiger partial charge in [0.2, 0.25) is 0 Å². The first kappa shape index (κ1) is 15.2. The lowest BCUT2D eigenvalue weighted by Crippen LogP contribution is -2.23. The van der Waals surface area contributed by atoms with E-state index in [1.807, 2.05) is 27.7 Å². The van der Waals surface area contributed by atoms with Crippen LogP contribution in [0.25, 0.3) is 0 Å². The molecule has 0 fully saturated rings. The van der Waals surface area contributed by atoms with Gasteiger partial charge in [-0.3, -0.25) is 4.18 Å². The monoisotopic (exact) mass is 270 g/mol. The van der Waals surface area contributed by atoms with E-state index in [1.54, 1.807) is 24.3 Å². The summed E-state index contributed by atoms with van der Waals surface area (Å²) < 4.78 is 29.6. The molecule has 102 valence electrons. The molecule has 4 heteroatoms. The Hall–Kier alpha value is -0.870. The lowest BCUT2D eigenvalue weighted by molar-refractivity contribution is 0.148. The lowest BCUT2D eigenvalue weighted by Gasteiger charge is -2.20. The van der Waals surface area contributed by atoms with Gasteiger partial charge in [-0.15, -0.1) is 0 Å². The van der Waals surface area contributed by atoms with Crippen molar-refractivity contribution in [2.24, 2.45) is 5.92 Å². The maximum atomic E-state index is 12.1. The number of rotatable bonds is 6. The number of benzene rings is 1. The maximum absolute atomic E-state index is 12.1. The molecule has 0 aliphatic heterocycles. The summed E-state index contributed by atoms with van der Waals surface area (Å²) in [5, 5.41) is 0. The lowest BCUT2D eigenvalue weighted by atomic mass is 10.0. The van der Waals surface area contributed by atoms with Crippen LogP contribution in [0.4, 0.5) is 0 Å². The summed E-state index contributed by atoms with van der Waals surface area (Å²) in [6, 6.07) is 6.74. The molecule has 0 saturated heterocycles. The Labute approximate surface area is 110 Å². The smallest absolute Gasteiger partial charge is 0.263 e. The standard InChI is InChI=1S/C14H22O3S/c1-5-6-14(11(2)3)17-18(15,16)13-9-7-12(4)8-10-13/h7-11,14H,5-6H2,1-4H3/t14-/m1/s1. The summed E-state index contributed by atoms with van der Waals surface area (Å²) >= 11 is 0. The molecule has 0 radical (unpaired) electrons. The number of hydrogen-bond donors (Lipinski definition) is 0. The topological polar surface area (TPSA) is 43.4 Å². The van der Waals surface area contributed by atoms with Crippen LogP contribution in [-0.2, 0) is 14.3 Å². The molecule has 0 amide bonds. The highest BCUT2D eigenvalue weighted by Gasteiger charge is 2.23. The Kier molecular flexibility index (Phi) is 5.35. The summed E-state index contributed by atoms with van der Waals surface area (Å²) in [4.78, 5) is 0.231. The zero-order valence-electron chi connectivity index (χ0n) is 11.5. The highest BCUT2D eigenvalue weighted by Crippen LogP contribution is 2.21. The molecule has 0 bridgehead atoms. The van der Waals surface area contributed by atoms with E-state index in [-0.39, 0.29) is 16.9 Å². The number of hydrogen-bond acceptors (Lipinski definition) is 3. The highest BCUT2D eigenvalue weighted by molar-refractivity contribution is 7.86. The largest absolute Gasteiger partial charge is 0.297 e. The van der Waals surface area contributed by atoms with Crippen LogP contribution in [0, 0.1) is 12.8 Å². The third-order valence-corrected chi connectivity index (χ3v) is 4.23. The summed E-state index contributed by atoms with van der Waals surface area (Å²) in [7, 11) is -3.64. The van der Waals surface area contributed by atoms with Gasteiger partial charge < -0.3 is 0 Å². The molecule has 1 atom stereocenters. The normalized spacial score (nSPS) is 13.8. The molecule has 0 aromatic heterocycles. The molecule has 0 N–H and O–H groups in total. The van der Waals surface area contributed by atoms with Crippen molar-refractivity contribution in [1.82, 2.24) is 0 Å². The minimum Gasteiger partial charge on any atom is -0.263 e. The Morgan fingerprint density at radius 3 is 2.17 bits per heavy atom. The fourth-order valence-corrected chi connectivity index (χ4v) is 2.92. The van der Waals surface area contributed by atoms with E-state index < -0.39 is 10.1 Å². The second-order valence-corrected chi connectivity index (χ2v) is 6.51. The van der Waals surface area contributed by atoms with Crippen LogP contribution in [0.1, 0.15) is 39.2 Å².